The third kappa shape index (κ3) is 3.67. The highest BCUT2D eigenvalue weighted by Crippen LogP contribution is 2.29. The molecule has 1 N–H and O–H groups in total. The van der Waals surface area contributed by atoms with Crippen molar-refractivity contribution in [2.24, 2.45) is 5.41 Å². The van der Waals surface area contributed by atoms with Crippen LogP contribution >= 0.6 is 11.6 Å². The van der Waals surface area contributed by atoms with Crippen molar-refractivity contribution in [2.45, 2.75) is 25.2 Å². The molecule has 1 rings (SSSR count). The summed E-state index contributed by atoms with van der Waals surface area (Å²) in [6.07, 6.45) is 0.904. The summed E-state index contributed by atoms with van der Waals surface area (Å²) < 4.78 is 36.5. The second kappa shape index (κ2) is 5.09. The van der Waals surface area contributed by atoms with E-state index < -0.39 is 31.9 Å². The summed E-state index contributed by atoms with van der Waals surface area (Å²) in [4.78, 5) is 10.4. The minimum atomic E-state index is -3.76. The van der Waals surface area contributed by atoms with E-state index in [1.807, 2.05) is 0 Å². The molecule has 106 valence electrons. The van der Waals surface area contributed by atoms with E-state index in [1.54, 1.807) is 0 Å². The fourth-order valence-corrected chi connectivity index (χ4v) is 3.13. The number of hydrogen-bond acceptors (Lipinski definition) is 3. The van der Waals surface area contributed by atoms with Gasteiger partial charge in [-0.1, -0.05) is 11.6 Å². The predicted octanol–water partition coefficient (Wildman–Crippen LogP) is 2.54. The van der Waals surface area contributed by atoms with Crippen molar-refractivity contribution in [2.75, 3.05) is 6.26 Å². The summed E-state index contributed by atoms with van der Waals surface area (Å²) in [5.41, 5.74) is -0.759. The molecule has 0 spiro atoms. The van der Waals surface area contributed by atoms with Gasteiger partial charge in [0.25, 0.3) is 0 Å². The largest absolute Gasteiger partial charge is 0.481 e. The summed E-state index contributed by atoms with van der Waals surface area (Å²) in [6, 6.07) is 2.29. The van der Waals surface area contributed by atoms with Crippen LogP contribution in [0.2, 0.25) is 5.02 Å². The average molecular weight is 309 g/mol. The molecule has 0 saturated carbocycles. The zero-order valence-electron chi connectivity index (χ0n) is 10.7. The van der Waals surface area contributed by atoms with Gasteiger partial charge in [0.15, 0.2) is 9.84 Å². The van der Waals surface area contributed by atoms with Crippen LogP contribution in [-0.4, -0.2) is 25.7 Å². The number of benzene rings is 1. The first-order chi connectivity index (χ1) is 8.45. The average Bonchev–Trinajstić information content (AvgIpc) is 2.11. The molecule has 0 unspecified atom stereocenters. The number of sulfone groups is 1. The SMILES string of the molecule is CC(C)(Cc1cc(F)c(S(C)(=O)=O)c(Cl)c1)C(=O)O. The van der Waals surface area contributed by atoms with E-state index in [4.69, 9.17) is 16.7 Å². The van der Waals surface area contributed by atoms with Crippen molar-refractivity contribution < 1.29 is 22.7 Å². The monoisotopic (exact) mass is 308 g/mol. The molecule has 0 aliphatic heterocycles. The van der Waals surface area contributed by atoms with Gasteiger partial charge < -0.3 is 5.11 Å². The van der Waals surface area contributed by atoms with Crippen molar-refractivity contribution in [1.29, 1.82) is 0 Å². The van der Waals surface area contributed by atoms with Crippen LogP contribution in [0.1, 0.15) is 19.4 Å². The fourth-order valence-electron chi connectivity index (χ4n) is 1.65. The molecule has 4 nitrogen and oxygen atoms in total. The van der Waals surface area contributed by atoms with Crippen LogP contribution in [0.15, 0.2) is 17.0 Å². The Labute approximate surface area is 116 Å². The zero-order valence-corrected chi connectivity index (χ0v) is 12.3. The summed E-state index contributed by atoms with van der Waals surface area (Å²) in [7, 11) is -3.76. The first-order valence-corrected chi connectivity index (χ1v) is 7.63. The Hall–Kier alpha value is -1.14. The van der Waals surface area contributed by atoms with Gasteiger partial charge >= 0.3 is 5.97 Å². The molecule has 0 saturated heterocycles. The van der Waals surface area contributed by atoms with Gasteiger partial charge in [-0.05, 0) is 38.0 Å². The lowest BCUT2D eigenvalue weighted by Gasteiger charge is -2.19. The van der Waals surface area contributed by atoms with Gasteiger partial charge in [-0.2, -0.15) is 0 Å². The minimum Gasteiger partial charge on any atom is -0.481 e. The summed E-state index contributed by atoms with van der Waals surface area (Å²) in [5, 5.41) is 8.77. The lowest BCUT2D eigenvalue weighted by molar-refractivity contribution is -0.146. The Morgan fingerprint density at radius 2 is 1.95 bits per heavy atom. The second-order valence-electron chi connectivity index (χ2n) is 5.03. The fraction of sp³-hybridized carbons (Fsp3) is 0.417. The topological polar surface area (TPSA) is 71.4 Å². The van der Waals surface area contributed by atoms with Gasteiger partial charge in [-0.3, -0.25) is 4.79 Å². The maximum Gasteiger partial charge on any atom is 0.309 e. The molecule has 1 aromatic carbocycles. The second-order valence-corrected chi connectivity index (χ2v) is 7.39. The van der Waals surface area contributed by atoms with Crippen LogP contribution in [-0.2, 0) is 21.1 Å². The highest BCUT2D eigenvalue weighted by atomic mass is 35.5. The zero-order chi connectivity index (χ0) is 15.0. The quantitative estimate of drug-likeness (QED) is 0.928. The summed E-state index contributed by atoms with van der Waals surface area (Å²) in [6.45, 7) is 2.98. The standard InChI is InChI=1S/C12H14ClFO4S/c1-12(2,11(15)16)6-7-4-8(13)10(9(14)5-7)19(3,17)18/h4-5H,6H2,1-3H3,(H,15,16). The number of halogens is 2. The molecule has 19 heavy (non-hydrogen) atoms. The lowest BCUT2D eigenvalue weighted by atomic mass is 9.86. The molecule has 0 amide bonds. The molecule has 0 heterocycles. The van der Waals surface area contributed by atoms with Crippen molar-refractivity contribution >= 4 is 27.4 Å². The lowest BCUT2D eigenvalue weighted by Crippen LogP contribution is -2.26. The minimum absolute atomic E-state index is 0.0447. The van der Waals surface area contributed by atoms with Crippen molar-refractivity contribution in [3.63, 3.8) is 0 Å². The molecule has 0 aromatic heterocycles. The number of aliphatic carboxylic acids is 1. The summed E-state index contributed by atoms with van der Waals surface area (Å²) in [5.74, 6) is -2.00. The molecular weight excluding hydrogens is 295 g/mol. The van der Waals surface area contributed by atoms with Gasteiger partial charge in [0.1, 0.15) is 10.7 Å². The van der Waals surface area contributed by atoms with Gasteiger partial charge in [0.05, 0.1) is 10.4 Å². The van der Waals surface area contributed by atoms with E-state index in [1.165, 1.54) is 19.9 Å². The normalized spacial score (nSPS) is 12.5. The number of rotatable bonds is 4. The van der Waals surface area contributed by atoms with E-state index >= 15 is 0 Å². The smallest absolute Gasteiger partial charge is 0.309 e. The first-order valence-electron chi connectivity index (χ1n) is 5.36. The number of carbonyl (C=O) groups is 1. The predicted molar refractivity (Wildman–Crippen MR) is 69.6 cm³/mol. The van der Waals surface area contributed by atoms with Crippen molar-refractivity contribution in [3.05, 3.63) is 28.5 Å². The molecule has 0 atom stereocenters. The van der Waals surface area contributed by atoms with E-state index in [9.17, 15) is 17.6 Å². The Morgan fingerprint density at radius 3 is 2.32 bits per heavy atom. The van der Waals surface area contributed by atoms with Gasteiger partial charge in [0, 0.05) is 6.26 Å². The Kier molecular flexibility index (Phi) is 4.27. The molecular formula is C12H14ClFO4S. The molecule has 0 radical (unpaired) electrons. The maximum absolute atomic E-state index is 13.8. The first kappa shape index (κ1) is 15.9. The van der Waals surface area contributed by atoms with Crippen LogP contribution in [0, 0.1) is 11.2 Å². The van der Waals surface area contributed by atoms with Crippen molar-refractivity contribution in [3.8, 4) is 0 Å². The molecule has 0 aliphatic rings. The molecule has 1 aromatic rings. The van der Waals surface area contributed by atoms with E-state index in [-0.39, 0.29) is 11.4 Å². The third-order valence-corrected chi connectivity index (χ3v) is 4.22. The Morgan fingerprint density at radius 1 is 1.42 bits per heavy atom. The van der Waals surface area contributed by atoms with Crippen LogP contribution in [0.5, 0.6) is 0 Å². The van der Waals surface area contributed by atoms with E-state index in [0.29, 0.717) is 5.56 Å². The van der Waals surface area contributed by atoms with Gasteiger partial charge in [-0.25, -0.2) is 12.8 Å². The molecule has 7 heteroatoms. The van der Waals surface area contributed by atoms with E-state index in [0.717, 1.165) is 12.3 Å². The highest BCUT2D eigenvalue weighted by molar-refractivity contribution is 7.90. The number of carboxylic acids is 1. The van der Waals surface area contributed by atoms with Crippen LogP contribution < -0.4 is 0 Å². The molecule has 0 fully saturated rings. The van der Waals surface area contributed by atoms with Crippen LogP contribution in [0.25, 0.3) is 0 Å². The number of carboxylic acid groups (broad SMARTS) is 1. The number of hydrogen-bond donors (Lipinski definition) is 1. The summed E-state index contributed by atoms with van der Waals surface area (Å²) >= 11 is 5.76. The third-order valence-electron chi connectivity index (χ3n) is 2.65. The molecule has 0 bridgehead atoms. The van der Waals surface area contributed by atoms with Gasteiger partial charge in [0.2, 0.25) is 0 Å². The Balaban J connectivity index is 3.27. The van der Waals surface area contributed by atoms with Crippen LogP contribution in [0.4, 0.5) is 4.39 Å². The molecule has 0 aliphatic carbocycles. The van der Waals surface area contributed by atoms with Crippen LogP contribution in [0.3, 0.4) is 0 Å². The van der Waals surface area contributed by atoms with Gasteiger partial charge in [-0.15, -0.1) is 0 Å². The van der Waals surface area contributed by atoms with Crippen molar-refractivity contribution in [1.82, 2.24) is 0 Å². The van der Waals surface area contributed by atoms with E-state index in [2.05, 4.69) is 0 Å². The Bertz CT molecular complexity index is 600. The maximum atomic E-state index is 13.8. The highest BCUT2D eigenvalue weighted by Gasteiger charge is 2.28.